The van der Waals surface area contributed by atoms with Gasteiger partial charge in [0.05, 0.1) is 19.3 Å². The molecule has 2 aliphatic heterocycles. The van der Waals surface area contributed by atoms with Crippen molar-refractivity contribution in [3.63, 3.8) is 0 Å². The third-order valence-corrected chi connectivity index (χ3v) is 2.84. The molecule has 0 aromatic rings. The lowest BCUT2D eigenvalue weighted by atomic mass is 10.1. The van der Waals surface area contributed by atoms with Crippen molar-refractivity contribution >= 4 is 0 Å². The quantitative estimate of drug-likeness (QED) is 0.702. The Balaban J connectivity index is 1.52. The molecule has 0 aromatic carbocycles. The number of rotatable bonds is 4. The highest BCUT2D eigenvalue weighted by molar-refractivity contribution is 4.71. The highest BCUT2D eigenvalue weighted by Gasteiger charge is 2.18. The van der Waals surface area contributed by atoms with Gasteiger partial charge in [-0.25, -0.2) is 0 Å². The van der Waals surface area contributed by atoms with E-state index in [0.717, 1.165) is 38.8 Å². The molecule has 13 heavy (non-hydrogen) atoms. The van der Waals surface area contributed by atoms with Gasteiger partial charge in [0, 0.05) is 13.2 Å². The topological polar surface area (TPSA) is 30.5 Å². The van der Waals surface area contributed by atoms with Gasteiger partial charge < -0.3 is 14.8 Å². The van der Waals surface area contributed by atoms with Crippen molar-refractivity contribution in [2.75, 3.05) is 32.9 Å². The fraction of sp³-hybridized carbons (Fsp3) is 1.00. The number of hydrogen-bond acceptors (Lipinski definition) is 3. The van der Waals surface area contributed by atoms with Crippen LogP contribution in [0.2, 0.25) is 0 Å². The van der Waals surface area contributed by atoms with Crippen molar-refractivity contribution < 1.29 is 9.47 Å². The second kappa shape index (κ2) is 4.94. The molecule has 2 unspecified atom stereocenters. The Bertz CT molecular complexity index is 124. The first-order valence-corrected chi connectivity index (χ1v) is 5.35. The number of ether oxygens (including phenoxy) is 2. The first kappa shape index (κ1) is 9.44. The lowest BCUT2D eigenvalue weighted by Crippen LogP contribution is -2.19. The van der Waals surface area contributed by atoms with E-state index < -0.39 is 0 Å². The Morgan fingerprint density at radius 2 is 2.31 bits per heavy atom. The summed E-state index contributed by atoms with van der Waals surface area (Å²) in [5.41, 5.74) is 0. The predicted molar refractivity (Wildman–Crippen MR) is 50.8 cm³/mol. The molecule has 3 nitrogen and oxygen atoms in total. The summed E-state index contributed by atoms with van der Waals surface area (Å²) in [7, 11) is 0. The van der Waals surface area contributed by atoms with Crippen molar-refractivity contribution in [1.82, 2.24) is 5.32 Å². The minimum Gasteiger partial charge on any atom is -0.378 e. The first-order chi connectivity index (χ1) is 6.45. The van der Waals surface area contributed by atoms with Crippen molar-refractivity contribution in [1.29, 1.82) is 0 Å². The van der Waals surface area contributed by atoms with Crippen LogP contribution in [0.3, 0.4) is 0 Å². The van der Waals surface area contributed by atoms with Crippen LogP contribution in [-0.4, -0.2) is 39.0 Å². The smallest absolute Gasteiger partial charge is 0.0809 e. The van der Waals surface area contributed by atoms with E-state index in [2.05, 4.69) is 5.32 Å². The van der Waals surface area contributed by atoms with E-state index in [9.17, 15) is 0 Å². The minimum atomic E-state index is 0.384. The molecule has 0 amide bonds. The lowest BCUT2D eigenvalue weighted by molar-refractivity contribution is 0.00727. The van der Waals surface area contributed by atoms with Crippen molar-refractivity contribution in [3.05, 3.63) is 0 Å². The van der Waals surface area contributed by atoms with Crippen molar-refractivity contribution in [3.8, 4) is 0 Å². The SMILES string of the molecule is C1COC(COCC2CCNC2)C1. The molecule has 2 rings (SSSR count). The van der Waals surface area contributed by atoms with Crippen molar-refractivity contribution in [2.45, 2.75) is 25.4 Å². The Morgan fingerprint density at radius 3 is 3.00 bits per heavy atom. The van der Waals surface area contributed by atoms with Crippen LogP contribution in [0.1, 0.15) is 19.3 Å². The van der Waals surface area contributed by atoms with Gasteiger partial charge in [-0.2, -0.15) is 0 Å². The van der Waals surface area contributed by atoms with Crippen molar-refractivity contribution in [2.24, 2.45) is 5.92 Å². The summed E-state index contributed by atoms with van der Waals surface area (Å²) in [4.78, 5) is 0. The summed E-state index contributed by atoms with van der Waals surface area (Å²) in [6, 6.07) is 0. The zero-order valence-corrected chi connectivity index (χ0v) is 8.13. The molecule has 76 valence electrons. The molecule has 2 aliphatic rings. The fourth-order valence-corrected chi connectivity index (χ4v) is 2.00. The average Bonchev–Trinajstić information content (AvgIpc) is 2.75. The zero-order chi connectivity index (χ0) is 8.93. The second-order valence-corrected chi connectivity index (χ2v) is 4.03. The maximum atomic E-state index is 5.64. The van der Waals surface area contributed by atoms with E-state index in [1.54, 1.807) is 0 Å². The zero-order valence-electron chi connectivity index (χ0n) is 8.13. The van der Waals surface area contributed by atoms with E-state index in [0.29, 0.717) is 6.10 Å². The number of nitrogens with one attached hydrogen (secondary N) is 1. The Hall–Kier alpha value is -0.120. The van der Waals surface area contributed by atoms with Crippen LogP contribution in [0.5, 0.6) is 0 Å². The Morgan fingerprint density at radius 1 is 1.31 bits per heavy atom. The number of hydrogen-bond donors (Lipinski definition) is 1. The van der Waals surface area contributed by atoms with Crippen LogP contribution in [-0.2, 0) is 9.47 Å². The van der Waals surface area contributed by atoms with Gasteiger partial charge in [0.25, 0.3) is 0 Å². The second-order valence-electron chi connectivity index (χ2n) is 4.03. The molecule has 0 bridgehead atoms. The highest BCUT2D eigenvalue weighted by atomic mass is 16.5. The van der Waals surface area contributed by atoms with E-state index in [4.69, 9.17) is 9.47 Å². The third-order valence-electron chi connectivity index (χ3n) is 2.84. The normalized spacial score (nSPS) is 34.2. The van der Waals surface area contributed by atoms with Gasteiger partial charge in [0.1, 0.15) is 0 Å². The van der Waals surface area contributed by atoms with Crippen LogP contribution < -0.4 is 5.32 Å². The molecule has 2 fully saturated rings. The molecule has 0 radical (unpaired) electrons. The summed E-state index contributed by atoms with van der Waals surface area (Å²) >= 11 is 0. The summed E-state index contributed by atoms with van der Waals surface area (Å²) in [6.45, 7) is 4.93. The standard InChI is InChI=1S/C10H19NO2/c1-2-10(13-5-1)8-12-7-9-3-4-11-6-9/h9-11H,1-8H2. The summed E-state index contributed by atoms with van der Waals surface area (Å²) in [5, 5.41) is 3.34. The monoisotopic (exact) mass is 185 g/mol. The molecule has 0 aromatic heterocycles. The lowest BCUT2D eigenvalue weighted by Gasteiger charge is -2.12. The molecule has 1 N–H and O–H groups in total. The molecule has 2 atom stereocenters. The molecular weight excluding hydrogens is 166 g/mol. The highest BCUT2D eigenvalue weighted by Crippen LogP contribution is 2.13. The Kier molecular flexibility index (Phi) is 3.58. The molecule has 2 heterocycles. The average molecular weight is 185 g/mol. The molecule has 3 heteroatoms. The van der Waals surface area contributed by atoms with Gasteiger partial charge in [-0.3, -0.25) is 0 Å². The molecule has 0 spiro atoms. The van der Waals surface area contributed by atoms with E-state index in [1.165, 1.54) is 19.3 Å². The van der Waals surface area contributed by atoms with Crippen LogP contribution in [0.4, 0.5) is 0 Å². The summed E-state index contributed by atoms with van der Waals surface area (Å²) < 4.78 is 11.1. The minimum absolute atomic E-state index is 0.384. The maximum absolute atomic E-state index is 5.64. The maximum Gasteiger partial charge on any atom is 0.0809 e. The molecule has 2 saturated heterocycles. The summed E-state index contributed by atoms with van der Waals surface area (Å²) in [6.07, 6.45) is 4.04. The van der Waals surface area contributed by atoms with Crippen LogP contribution in [0, 0.1) is 5.92 Å². The summed E-state index contributed by atoms with van der Waals surface area (Å²) in [5.74, 6) is 0.737. The van der Waals surface area contributed by atoms with E-state index in [1.807, 2.05) is 0 Å². The Labute approximate surface area is 79.8 Å². The predicted octanol–water partition coefficient (Wildman–Crippen LogP) is 0.791. The van der Waals surface area contributed by atoms with E-state index >= 15 is 0 Å². The van der Waals surface area contributed by atoms with Gasteiger partial charge in [-0.05, 0) is 31.7 Å². The molecule has 0 aliphatic carbocycles. The largest absolute Gasteiger partial charge is 0.378 e. The van der Waals surface area contributed by atoms with Crippen LogP contribution in [0.15, 0.2) is 0 Å². The van der Waals surface area contributed by atoms with Gasteiger partial charge in [0.2, 0.25) is 0 Å². The fourth-order valence-electron chi connectivity index (χ4n) is 2.00. The van der Waals surface area contributed by atoms with Crippen LogP contribution >= 0.6 is 0 Å². The third kappa shape index (κ3) is 2.93. The van der Waals surface area contributed by atoms with Crippen LogP contribution in [0.25, 0.3) is 0 Å². The first-order valence-electron chi connectivity index (χ1n) is 5.35. The molecule has 0 saturated carbocycles. The van der Waals surface area contributed by atoms with Gasteiger partial charge in [-0.1, -0.05) is 0 Å². The van der Waals surface area contributed by atoms with Gasteiger partial charge in [-0.15, -0.1) is 0 Å². The van der Waals surface area contributed by atoms with E-state index in [-0.39, 0.29) is 0 Å². The van der Waals surface area contributed by atoms with Gasteiger partial charge in [0.15, 0.2) is 0 Å². The van der Waals surface area contributed by atoms with Gasteiger partial charge >= 0.3 is 0 Å². The molecular formula is C10H19NO2.